The smallest absolute Gasteiger partial charge is 0.191 e. The average Bonchev–Trinajstić information content (AvgIpc) is 2.65. The molecular formula is C17H37IN6O. The number of guanidine groups is 1. The zero-order valence-electron chi connectivity index (χ0n) is 16.2. The van der Waals surface area contributed by atoms with Gasteiger partial charge in [0.25, 0.3) is 0 Å². The minimum absolute atomic E-state index is 0. The maximum absolute atomic E-state index is 5.38. The summed E-state index contributed by atoms with van der Waals surface area (Å²) in [5.41, 5.74) is 0. The number of piperazine rings is 1. The number of hydrogen-bond acceptors (Lipinski definition) is 5. The van der Waals surface area contributed by atoms with Crippen molar-refractivity contribution in [2.75, 3.05) is 85.7 Å². The highest BCUT2D eigenvalue weighted by atomic mass is 127. The summed E-state index contributed by atoms with van der Waals surface area (Å²) < 4.78 is 5.38. The van der Waals surface area contributed by atoms with Gasteiger partial charge in [0.2, 0.25) is 0 Å². The molecule has 0 radical (unpaired) electrons. The molecule has 2 heterocycles. The number of rotatable bonds is 7. The van der Waals surface area contributed by atoms with Crippen molar-refractivity contribution in [1.82, 2.24) is 25.3 Å². The SMILES string of the molecule is CCN1CCN(C(C)CNC(=NC)NCCN2CCOCC2)CC1.I. The quantitative estimate of drug-likeness (QED) is 0.315. The second-order valence-corrected chi connectivity index (χ2v) is 6.65. The highest BCUT2D eigenvalue weighted by Crippen LogP contribution is 2.05. The Labute approximate surface area is 170 Å². The summed E-state index contributed by atoms with van der Waals surface area (Å²) in [6, 6.07) is 0.529. The first-order valence-electron chi connectivity index (χ1n) is 9.44. The van der Waals surface area contributed by atoms with E-state index in [0.717, 1.165) is 51.9 Å². The normalized spacial score (nSPS) is 22.3. The van der Waals surface area contributed by atoms with Crippen molar-refractivity contribution >= 4 is 29.9 Å². The summed E-state index contributed by atoms with van der Waals surface area (Å²) in [7, 11) is 1.84. The lowest BCUT2D eigenvalue weighted by atomic mass is 10.2. The molecule has 0 aromatic rings. The van der Waals surface area contributed by atoms with E-state index >= 15 is 0 Å². The molecule has 2 N–H and O–H groups in total. The first-order valence-corrected chi connectivity index (χ1v) is 9.44. The van der Waals surface area contributed by atoms with Gasteiger partial charge in [0.15, 0.2) is 5.96 Å². The zero-order valence-corrected chi connectivity index (χ0v) is 18.5. The Hall–Kier alpha value is -0.160. The van der Waals surface area contributed by atoms with Gasteiger partial charge in [-0.25, -0.2) is 0 Å². The molecular weight excluding hydrogens is 431 g/mol. The molecule has 2 aliphatic rings. The van der Waals surface area contributed by atoms with Gasteiger partial charge in [-0.05, 0) is 13.5 Å². The van der Waals surface area contributed by atoms with Crippen LogP contribution < -0.4 is 10.6 Å². The molecule has 0 saturated carbocycles. The van der Waals surface area contributed by atoms with Crippen LogP contribution in [0.15, 0.2) is 4.99 Å². The van der Waals surface area contributed by atoms with Crippen LogP contribution in [0.5, 0.6) is 0 Å². The van der Waals surface area contributed by atoms with Crippen molar-refractivity contribution < 1.29 is 4.74 Å². The first kappa shape index (κ1) is 22.9. The largest absolute Gasteiger partial charge is 0.379 e. The van der Waals surface area contributed by atoms with E-state index < -0.39 is 0 Å². The standard InChI is InChI=1S/C17H36N6O.HI/c1-4-21-7-9-23(10-8-21)16(2)15-20-17(18-3)19-5-6-22-11-13-24-14-12-22;/h16H,4-15H2,1-3H3,(H2,18,19,20);1H. The number of halogens is 1. The number of nitrogens with one attached hydrogen (secondary N) is 2. The molecule has 1 unspecified atom stereocenters. The van der Waals surface area contributed by atoms with Crippen molar-refractivity contribution in [3.05, 3.63) is 0 Å². The van der Waals surface area contributed by atoms with E-state index in [1.807, 2.05) is 7.05 Å². The third-order valence-corrected chi connectivity index (χ3v) is 5.09. The van der Waals surface area contributed by atoms with Gasteiger partial charge >= 0.3 is 0 Å². The Balaban J connectivity index is 0.00000312. The van der Waals surface area contributed by atoms with E-state index in [9.17, 15) is 0 Å². The van der Waals surface area contributed by atoms with Crippen LogP contribution in [0.2, 0.25) is 0 Å². The maximum Gasteiger partial charge on any atom is 0.191 e. The fourth-order valence-corrected chi connectivity index (χ4v) is 3.27. The summed E-state index contributed by atoms with van der Waals surface area (Å²) in [5, 5.41) is 6.89. The predicted octanol–water partition coefficient (Wildman–Crippen LogP) is 0.128. The molecule has 2 fully saturated rings. The van der Waals surface area contributed by atoms with Crippen molar-refractivity contribution in [1.29, 1.82) is 0 Å². The van der Waals surface area contributed by atoms with Gasteiger partial charge in [-0.3, -0.25) is 14.8 Å². The first-order chi connectivity index (χ1) is 11.7. The molecule has 25 heavy (non-hydrogen) atoms. The summed E-state index contributed by atoms with van der Waals surface area (Å²) >= 11 is 0. The van der Waals surface area contributed by atoms with E-state index in [2.05, 4.69) is 44.2 Å². The predicted molar refractivity (Wildman–Crippen MR) is 115 cm³/mol. The van der Waals surface area contributed by atoms with Crippen LogP contribution in [0.4, 0.5) is 0 Å². The van der Waals surface area contributed by atoms with Gasteiger partial charge in [0, 0.05) is 72.0 Å². The lowest BCUT2D eigenvalue weighted by Gasteiger charge is -2.37. The Bertz CT molecular complexity index is 370. The molecule has 2 aliphatic heterocycles. The summed E-state index contributed by atoms with van der Waals surface area (Å²) in [6.45, 7) is 17.1. The lowest BCUT2D eigenvalue weighted by molar-refractivity contribution is 0.0389. The monoisotopic (exact) mass is 468 g/mol. The second kappa shape index (κ2) is 13.1. The van der Waals surface area contributed by atoms with E-state index in [1.54, 1.807) is 0 Å². The third-order valence-electron chi connectivity index (χ3n) is 5.09. The summed E-state index contributed by atoms with van der Waals surface area (Å²) in [6.07, 6.45) is 0. The van der Waals surface area contributed by atoms with Gasteiger partial charge < -0.3 is 20.3 Å². The topological polar surface area (TPSA) is 55.4 Å². The van der Waals surface area contributed by atoms with E-state index in [4.69, 9.17) is 4.74 Å². The van der Waals surface area contributed by atoms with Crippen LogP contribution in [0, 0.1) is 0 Å². The van der Waals surface area contributed by atoms with E-state index in [0.29, 0.717) is 6.04 Å². The fraction of sp³-hybridized carbons (Fsp3) is 0.941. The molecule has 148 valence electrons. The number of aliphatic imine (C=N–C) groups is 1. The van der Waals surface area contributed by atoms with Crippen LogP contribution in [-0.4, -0.2) is 112 Å². The Morgan fingerprint density at radius 1 is 1.04 bits per heavy atom. The van der Waals surface area contributed by atoms with E-state index in [-0.39, 0.29) is 24.0 Å². The molecule has 8 heteroatoms. The van der Waals surface area contributed by atoms with Crippen LogP contribution in [0.3, 0.4) is 0 Å². The van der Waals surface area contributed by atoms with Crippen molar-refractivity contribution in [2.45, 2.75) is 19.9 Å². The molecule has 0 bridgehead atoms. The van der Waals surface area contributed by atoms with Crippen LogP contribution >= 0.6 is 24.0 Å². The number of likely N-dealkylation sites (N-methyl/N-ethyl adjacent to an activating group) is 1. The Kier molecular flexibility index (Phi) is 12.0. The molecule has 0 amide bonds. The van der Waals surface area contributed by atoms with Gasteiger partial charge in [-0.1, -0.05) is 6.92 Å². The average molecular weight is 468 g/mol. The van der Waals surface area contributed by atoms with E-state index in [1.165, 1.54) is 32.7 Å². The minimum atomic E-state index is 0. The number of ether oxygens (including phenoxy) is 1. The number of morpholine rings is 1. The maximum atomic E-state index is 5.38. The molecule has 0 spiro atoms. The van der Waals surface area contributed by atoms with Gasteiger partial charge in [-0.2, -0.15) is 0 Å². The van der Waals surface area contributed by atoms with Crippen LogP contribution in [0.25, 0.3) is 0 Å². The second-order valence-electron chi connectivity index (χ2n) is 6.65. The number of nitrogens with zero attached hydrogens (tertiary/aromatic N) is 4. The fourth-order valence-electron chi connectivity index (χ4n) is 3.27. The van der Waals surface area contributed by atoms with Crippen molar-refractivity contribution in [3.8, 4) is 0 Å². The van der Waals surface area contributed by atoms with Crippen LogP contribution in [0.1, 0.15) is 13.8 Å². The lowest BCUT2D eigenvalue weighted by Crippen LogP contribution is -2.53. The molecule has 7 nitrogen and oxygen atoms in total. The molecule has 2 rings (SSSR count). The number of hydrogen-bond donors (Lipinski definition) is 2. The summed E-state index contributed by atoms with van der Waals surface area (Å²) in [5.74, 6) is 0.905. The van der Waals surface area contributed by atoms with Gasteiger partial charge in [-0.15, -0.1) is 24.0 Å². The zero-order chi connectivity index (χ0) is 17.2. The molecule has 0 aliphatic carbocycles. The molecule has 2 saturated heterocycles. The third kappa shape index (κ3) is 8.38. The van der Waals surface area contributed by atoms with Crippen LogP contribution in [-0.2, 0) is 4.74 Å². The minimum Gasteiger partial charge on any atom is -0.379 e. The highest BCUT2D eigenvalue weighted by Gasteiger charge is 2.20. The Morgan fingerprint density at radius 3 is 2.32 bits per heavy atom. The summed E-state index contributed by atoms with van der Waals surface area (Å²) in [4.78, 5) is 11.9. The van der Waals surface area contributed by atoms with Crippen molar-refractivity contribution in [2.24, 2.45) is 4.99 Å². The highest BCUT2D eigenvalue weighted by molar-refractivity contribution is 14.0. The molecule has 0 aromatic carbocycles. The Morgan fingerprint density at radius 2 is 1.72 bits per heavy atom. The molecule has 1 atom stereocenters. The van der Waals surface area contributed by atoms with Crippen molar-refractivity contribution in [3.63, 3.8) is 0 Å². The van der Waals surface area contributed by atoms with Gasteiger partial charge in [0.1, 0.15) is 0 Å². The molecule has 0 aromatic heterocycles. The van der Waals surface area contributed by atoms with Gasteiger partial charge in [0.05, 0.1) is 13.2 Å².